The van der Waals surface area contributed by atoms with Gasteiger partial charge in [-0.15, -0.1) is 0 Å². The van der Waals surface area contributed by atoms with E-state index in [1.54, 1.807) is 26.7 Å². The van der Waals surface area contributed by atoms with E-state index in [1.165, 1.54) is 11.9 Å². The molecule has 0 radical (unpaired) electrons. The average Bonchev–Trinajstić information content (AvgIpc) is 3.86. The van der Waals surface area contributed by atoms with Crippen molar-refractivity contribution >= 4 is 35.1 Å². The molecule has 0 spiro atoms. The highest BCUT2D eigenvalue weighted by molar-refractivity contribution is 8.01. The molecule has 0 N–H and O–H groups in total. The summed E-state index contributed by atoms with van der Waals surface area (Å²) in [5, 5.41) is 0.563. The number of ether oxygens (including phenoxy) is 2. The van der Waals surface area contributed by atoms with Crippen molar-refractivity contribution in [2.45, 2.75) is 42.8 Å². The van der Waals surface area contributed by atoms with Gasteiger partial charge in [-0.05, 0) is 91.5 Å². The molecule has 2 saturated heterocycles. The molecular weight excluding hydrogens is 634 g/mol. The van der Waals surface area contributed by atoms with Gasteiger partial charge in [-0.25, -0.2) is 9.29 Å². The summed E-state index contributed by atoms with van der Waals surface area (Å²) >= 11 is 8.18. The molecule has 0 aliphatic carbocycles. The maximum Gasteiger partial charge on any atom is 0.267 e. The van der Waals surface area contributed by atoms with Crippen LogP contribution in [-0.4, -0.2) is 79.1 Å². The zero-order valence-electron chi connectivity index (χ0n) is 27.0. The van der Waals surface area contributed by atoms with Gasteiger partial charge in [0, 0.05) is 60.3 Å². The van der Waals surface area contributed by atoms with Crippen LogP contribution in [0.4, 0.5) is 5.69 Å². The zero-order chi connectivity index (χ0) is 32.5. The van der Waals surface area contributed by atoms with Gasteiger partial charge in [0.2, 0.25) is 5.89 Å². The van der Waals surface area contributed by atoms with Crippen molar-refractivity contribution in [3.8, 4) is 11.5 Å². The van der Waals surface area contributed by atoms with Gasteiger partial charge in [0.05, 0.1) is 32.1 Å². The number of fused-ring (bicyclic) bond motifs is 1. The normalized spacial score (nSPS) is 22.2. The van der Waals surface area contributed by atoms with Crippen LogP contribution in [0, 0.1) is 0 Å². The van der Waals surface area contributed by atoms with Crippen molar-refractivity contribution < 1.29 is 18.7 Å². The van der Waals surface area contributed by atoms with Gasteiger partial charge in [0.1, 0.15) is 17.8 Å². The maximum absolute atomic E-state index is 15.5. The van der Waals surface area contributed by atoms with Crippen LogP contribution in [0.3, 0.4) is 0 Å². The van der Waals surface area contributed by atoms with Crippen molar-refractivity contribution in [2.75, 3.05) is 57.8 Å². The molecule has 2 fully saturated rings. The van der Waals surface area contributed by atoms with Crippen molar-refractivity contribution in [3.05, 3.63) is 101 Å². The monoisotopic (exact) mass is 673 g/mol. The molecule has 7 rings (SSSR count). The predicted octanol–water partition coefficient (Wildman–Crippen LogP) is 6.62. The van der Waals surface area contributed by atoms with Crippen LogP contribution in [0.25, 0.3) is 0 Å². The minimum absolute atomic E-state index is 0.0824. The number of piperazine rings is 1. The summed E-state index contributed by atoms with van der Waals surface area (Å²) in [5.74, 6) is 1.93. The Bertz CT molecular complexity index is 1710. The van der Waals surface area contributed by atoms with Gasteiger partial charge in [-0.3, -0.25) is 14.6 Å². The van der Waals surface area contributed by atoms with E-state index in [2.05, 4.69) is 38.7 Å². The van der Waals surface area contributed by atoms with Crippen LogP contribution >= 0.6 is 23.5 Å². The number of nitrogens with zero attached hydrogens (tertiary/aromatic N) is 5. The quantitative estimate of drug-likeness (QED) is 0.173. The summed E-state index contributed by atoms with van der Waals surface area (Å²) < 4.78 is 19.2. The Balaban J connectivity index is 1.39. The Hall–Kier alpha value is -3.54. The third kappa shape index (κ3) is 5.80. The number of oxazole rings is 1. The summed E-state index contributed by atoms with van der Waals surface area (Å²) in [5.41, 5.74) is 2.30. The first kappa shape index (κ1) is 32.0. The Morgan fingerprint density at radius 2 is 1.74 bits per heavy atom. The third-order valence-corrected chi connectivity index (χ3v) is 11.0. The molecule has 4 aromatic rings. The van der Waals surface area contributed by atoms with E-state index in [0.717, 1.165) is 85.1 Å². The predicted molar refractivity (Wildman–Crippen MR) is 184 cm³/mol. The molecule has 246 valence electrons. The van der Waals surface area contributed by atoms with Crippen molar-refractivity contribution in [1.29, 1.82) is 0 Å². The summed E-state index contributed by atoms with van der Waals surface area (Å²) in [6.45, 7) is 8.85. The number of hydrogen-bond acceptors (Lipinski definition) is 9. The molecule has 11 heteroatoms. The molecule has 2 atom stereocenters. The van der Waals surface area contributed by atoms with Crippen LogP contribution in [0.1, 0.15) is 48.4 Å². The van der Waals surface area contributed by atoms with Gasteiger partial charge in [-0.1, -0.05) is 24.6 Å². The average molecular weight is 674 g/mol. The Kier molecular flexibility index (Phi) is 9.22. The van der Waals surface area contributed by atoms with E-state index in [1.807, 2.05) is 52.8 Å². The largest absolute Gasteiger partial charge is 0.497 e. The highest BCUT2D eigenvalue weighted by Crippen LogP contribution is 2.57. The van der Waals surface area contributed by atoms with Gasteiger partial charge < -0.3 is 18.8 Å². The van der Waals surface area contributed by atoms with Crippen LogP contribution < -0.4 is 13.8 Å². The van der Waals surface area contributed by atoms with Gasteiger partial charge in [0.25, 0.3) is 5.91 Å². The van der Waals surface area contributed by atoms with Crippen LogP contribution in [-0.2, 0) is 16.9 Å². The Labute approximate surface area is 285 Å². The molecule has 4 heterocycles. The standard InChI is InChI=1S/C36H40ClN5O4S/c1-4-39-17-19-40(20-18-39)24-25-7-14-33(45-3)30(22-25)36(41-16-5-6-32(41)34-38-15-21-46-34)29-23-26(37)8-13-31(29)42(35(36)43)47-28-11-9-27(44-2)10-12-28/h7-15,21-23,32H,4-6,16-20,24H2,1-3H3/t32-,36?/m0/s1. The molecule has 1 unspecified atom stereocenters. The fourth-order valence-electron chi connectivity index (χ4n) is 7.35. The second-order valence-corrected chi connectivity index (χ2v) is 13.7. The van der Waals surface area contributed by atoms with Gasteiger partial charge >= 0.3 is 0 Å². The number of aromatic nitrogens is 1. The lowest BCUT2D eigenvalue weighted by atomic mass is 9.80. The lowest BCUT2D eigenvalue weighted by Gasteiger charge is -2.41. The Morgan fingerprint density at radius 3 is 2.45 bits per heavy atom. The topological polar surface area (TPSA) is 74.5 Å². The number of likely N-dealkylation sites (tertiary alicyclic amines) is 1. The lowest BCUT2D eigenvalue weighted by molar-refractivity contribution is -0.127. The molecule has 1 amide bonds. The van der Waals surface area contributed by atoms with Crippen LogP contribution in [0.5, 0.6) is 11.5 Å². The molecule has 0 saturated carbocycles. The number of likely N-dealkylation sites (N-methyl/N-ethyl adjacent to an activating group) is 1. The van der Waals surface area contributed by atoms with E-state index >= 15 is 4.79 Å². The molecule has 0 bridgehead atoms. The van der Waals surface area contributed by atoms with Gasteiger partial charge in [-0.2, -0.15) is 0 Å². The summed E-state index contributed by atoms with van der Waals surface area (Å²) in [6.07, 6.45) is 4.96. The summed E-state index contributed by atoms with van der Waals surface area (Å²) in [6, 6.07) is 19.6. The number of halogens is 1. The summed E-state index contributed by atoms with van der Waals surface area (Å²) in [7, 11) is 3.32. The number of amides is 1. The van der Waals surface area contributed by atoms with Crippen LogP contribution in [0.15, 0.2) is 82.4 Å². The molecule has 3 aromatic carbocycles. The lowest BCUT2D eigenvalue weighted by Crippen LogP contribution is -2.53. The maximum atomic E-state index is 15.5. The summed E-state index contributed by atoms with van der Waals surface area (Å²) in [4.78, 5) is 28.3. The number of methoxy groups -OCH3 is 2. The first-order valence-corrected chi connectivity index (χ1v) is 17.4. The highest BCUT2D eigenvalue weighted by atomic mass is 35.5. The van der Waals surface area contributed by atoms with E-state index in [9.17, 15) is 0 Å². The van der Waals surface area contributed by atoms with Crippen molar-refractivity contribution in [2.24, 2.45) is 0 Å². The van der Waals surface area contributed by atoms with E-state index in [4.69, 9.17) is 25.5 Å². The minimum Gasteiger partial charge on any atom is -0.497 e. The number of anilines is 1. The second-order valence-electron chi connectivity index (χ2n) is 12.2. The van der Waals surface area contributed by atoms with Crippen molar-refractivity contribution in [3.63, 3.8) is 0 Å². The number of rotatable bonds is 10. The first-order chi connectivity index (χ1) is 23.0. The highest BCUT2D eigenvalue weighted by Gasteiger charge is 2.60. The molecule has 9 nitrogen and oxygen atoms in total. The fourth-order valence-corrected chi connectivity index (χ4v) is 8.47. The van der Waals surface area contributed by atoms with Gasteiger partial charge in [0.15, 0.2) is 5.54 Å². The number of hydrogen-bond donors (Lipinski definition) is 0. The Morgan fingerprint density at radius 1 is 0.957 bits per heavy atom. The second kappa shape index (κ2) is 13.5. The van der Waals surface area contributed by atoms with Crippen molar-refractivity contribution in [1.82, 2.24) is 19.7 Å². The zero-order valence-corrected chi connectivity index (χ0v) is 28.6. The molecule has 3 aliphatic heterocycles. The molecule has 1 aromatic heterocycles. The minimum atomic E-state index is -1.25. The molecule has 47 heavy (non-hydrogen) atoms. The van der Waals surface area contributed by atoms with E-state index in [-0.39, 0.29) is 11.9 Å². The smallest absolute Gasteiger partial charge is 0.267 e. The van der Waals surface area contributed by atoms with E-state index < -0.39 is 5.54 Å². The number of benzene rings is 3. The number of carbonyl (C=O) groups excluding carboxylic acids is 1. The van der Waals surface area contributed by atoms with E-state index in [0.29, 0.717) is 23.2 Å². The molecule has 3 aliphatic rings. The fraction of sp³-hybridized carbons (Fsp3) is 0.389. The first-order valence-electron chi connectivity index (χ1n) is 16.2. The van der Waals surface area contributed by atoms with Crippen LogP contribution in [0.2, 0.25) is 5.02 Å². The third-order valence-electron chi connectivity index (χ3n) is 9.71. The molecular formula is C36H40ClN5O4S. The SMILES string of the molecule is CCN1CCN(Cc2ccc(OC)c(C3(N4CCC[C@H]4c4ncco4)C(=O)N(Sc4ccc(OC)cc4)c4ccc(Cl)cc43)c2)CC1. The number of carbonyl (C=O) groups is 1.